The summed E-state index contributed by atoms with van der Waals surface area (Å²) in [5, 5.41) is 5.43. The summed E-state index contributed by atoms with van der Waals surface area (Å²) in [6.07, 6.45) is 0. The molecule has 0 aliphatic rings. The number of hydrogen-bond acceptors (Lipinski definition) is 3. The third-order valence-corrected chi connectivity index (χ3v) is 3.71. The van der Waals surface area contributed by atoms with Gasteiger partial charge >= 0.3 is 0 Å². The molecule has 0 N–H and O–H groups in total. The standard InChI is InChI=1S/C14H27BrN4/c1-11(2)10-19(8-7-17(4)5)14-13(9-15)12(3)16-18(14)6/h11H,7-10H2,1-6H3. The van der Waals surface area contributed by atoms with Crippen LogP contribution in [0.2, 0.25) is 0 Å². The van der Waals surface area contributed by atoms with Crippen LogP contribution in [0.1, 0.15) is 25.1 Å². The van der Waals surface area contributed by atoms with E-state index in [1.807, 2.05) is 11.7 Å². The summed E-state index contributed by atoms with van der Waals surface area (Å²) in [5.74, 6) is 1.89. The zero-order chi connectivity index (χ0) is 14.6. The highest BCUT2D eigenvalue weighted by Crippen LogP contribution is 2.26. The van der Waals surface area contributed by atoms with Crippen molar-refractivity contribution >= 4 is 21.7 Å². The van der Waals surface area contributed by atoms with Gasteiger partial charge in [-0.1, -0.05) is 29.8 Å². The number of aryl methyl sites for hydroxylation is 2. The molecule has 0 radical (unpaired) electrons. The molecule has 0 aromatic carbocycles. The molecule has 0 aliphatic carbocycles. The zero-order valence-corrected chi connectivity index (χ0v) is 14.7. The van der Waals surface area contributed by atoms with Crippen LogP contribution in [0.3, 0.4) is 0 Å². The lowest BCUT2D eigenvalue weighted by Gasteiger charge is -2.28. The Labute approximate surface area is 125 Å². The molecule has 110 valence electrons. The van der Waals surface area contributed by atoms with E-state index in [1.54, 1.807) is 0 Å². The van der Waals surface area contributed by atoms with Crippen molar-refractivity contribution in [2.75, 3.05) is 38.6 Å². The molecule has 0 spiro atoms. The summed E-state index contributed by atoms with van der Waals surface area (Å²) < 4.78 is 2.02. The molecule has 19 heavy (non-hydrogen) atoms. The fourth-order valence-corrected chi connectivity index (χ4v) is 2.94. The average Bonchev–Trinajstić information content (AvgIpc) is 2.58. The van der Waals surface area contributed by atoms with Gasteiger partial charge in [-0.05, 0) is 26.9 Å². The van der Waals surface area contributed by atoms with Crippen LogP contribution >= 0.6 is 15.9 Å². The van der Waals surface area contributed by atoms with Gasteiger partial charge in [0.05, 0.1) is 5.69 Å². The van der Waals surface area contributed by atoms with E-state index in [0.717, 1.165) is 30.7 Å². The first kappa shape index (κ1) is 16.5. The van der Waals surface area contributed by atoms with Crippen molar-refractivity contribution in [1.29, 1.82) is 0 Å². The highest BCUT2D eigenvalue weighted by Gasteiger charge is 2.19. The molecule has 1 aromatic heterocycles. The molecule has 1 aromatic rings. The lowest BCUT2D eigenvalue weighted by Crippen LogP contribution is -2.36. The van der Waals surface area contributed by atoms with E-state index in [2.05, 4.69) is 65.7 Å². The summed E-state index contributed by atoms with van der Waals surface area (Å²) >= 11 is 3.60. The predicted molar refractivity (Wildman–Crippen MR) is 86.2 cm³/mol. The van der Waals surface area contributed by atoms with Gasteiger partial charge in [-0.15, -0.1) is 0 Å². The van der Waals surface area contributed by atoms with E-state index in [9.17, 15) is 0 Å². The van der Waals surface area contributed by atoms with Crippen molar-refractivity contribution in [3.8, 4) is 0 Å². The van der Waals surface area contributed by atoms with Gasteiger partial charge in [-0.2, -0.15) is 5.10 Å². The van der Waals surface area contributed by atoms with E-state index < -0.39 is 0 Å². The molecule has 0 saturated heterocycles. The minimum Gasteiger partial charge on any atom is -0.355 e. The van der Waals surface area contributed by atoms with E-state index in [0.29, 0.717) is 5.92 Å². The van der Waals surface area contributed by atoms with Crippen molar-refractivity contribution in [3.05, 3.63) is 11.3 Å². The minimum absolute atomic E-state index is 0.639. The Hall–Kier alpha value is -0.550. The van der Waals surface area contributed by atoms with Crippen LogP contribution in [0.4, 0.5) is 5.82 Å². The van der Waals surface area contributed by atoms with Crippen LogP contribution < -0.4 is 4.90 Å². The third-order valence-electron chi connectivity index (χ3n) is 3.15. The Bertz CT molecular complexity index is 398. The summed E-state index contributed by atoms with van der Waals surface area (Å²) in [7, 11) is 6.28. The Balaban J connectivity index is 3.02. The van der Waals surface area contributed by atoms with Gasteiger partial charge in [0.25, 0.3) is 0 Å². The van der Waals surface area contributed by atoms with Gasteiger partial charge < -0.3 is 9.80 Å². The van der Waals surface area contributed by atoms with Gasteiger partial charge in [-0.3, -0.25) is 4.68 Å². The molecule has 1 rings (SSSR count). The van der Waals surface area contributed by atoms with Crippen molar-refractivity contribution in [2.45, 2.75) is 26.1 Å². The van der Waals surface area contributed by atoms with Gasteiger partial charge in [0.2, 0.25) is 0 Å². The smallest absolute Gasteiger partial charge is 0.130 e. The monoisotopic (exact) mass is 330 g/mol. The molecular formula is C14H27BrN4. The predicted octanol–water partition coefficient (Wildman–Crippen LogP) is 2.65. The molecule has 4 nitrogen and oxygen atoms in total. The summed E-state index contributed by atoms with van der Waals surface area (Å²) in [6, 6.07) is 0. The molecule has 5 heteroatoms. The number of aromatic nitrogens is 2. The first-order valence-electron chi connectivity index (χ1n) is 6.84. The molecule has 0 bridgehead atoms. The topological polar surface area (TPSA) is 24.3 Å². The lowest BCUT2D eigenvalue weighted by atomic mass is 10.2. The number of halogens is 1. The molecule has 0 amide bonds. The van der Waals surface area contributed by atoms with Crippen molar-refractivity contribution < 1.29 is 0 Å². The SMILES string of the molecule is Cc1nn(C)c(N(CCN(C)C)CC(C)C)c1CBr. The van der Waals surface area contributed by atoms with E-state index >= 15 is 0 Å². The summed E-state index contributed by atoms with van der Waals surface area (Å²) in [5.41, 5.74) is 2.43. The zero-order valence-electron chi connectivity index (χ0n) is 13.1. The van der Waals surface area contributed by atoms with E-state index in [-0.39, 0.29) is 0 Å². The maximum Gasteiger partial charge on any atom is 0.130 e. The first-order chi connectivity index (χ1) is 8.86. The quantitative estimate of drug-likeness (QED) is 0.718. The van der Waals surface area contributed by atoms with E-state index in [4.69, 9.17) is 0 Å². The second-order valence-electron chi connectivity index (χ2n) is 5.79. The molecule has 0 aliphatic heterocycles. The summed E-state index contributed by atoms with van der Waals surface area (Å²) in [4.78, 5) is 4.69. The normalized spacial score (nSPS) is 11.6. The van der Waals surface area contributed by atoms with Crippen LogP contribution in [0.15, 0.2) is 0 Å². The fourth-order valence-electron chi connectivity index (χ4n) is 2.29. The number of hydrogen-bond donors (Lipinski definition) is 0. The molecule has 0 fully saturated rings. The highest BCUT2D eigenvalue weighted by atomic mass is 79.9. The van der Waals surface area contributed by atoms with E-state index in [1.165, 1.54) is 11.4 Å². The number of alkyl halides is 1. The Morgan fingerprint density at radius 2 is 1.89 bits per heavy atom. The molecule has 0 unspecified atom stereocenters. The average molecular weight is 331 g/mol. The highest BCUT2D eigenvalue weighted by molar-refractivity contribution is 9.08. The van der Waals surface area contributed by atoms with Gasteiger partial charge in [-0.25, -0.2) is 0 Å². The minimum atomic E-state index is 0.639. The second kappa shape index (κ2) is 7.29. The largest absolute Gasteiger partial charge is 0.355 e. The first-order valence-corrected chi connectivity index (χ1v) is 7.97. The molecule has 0 saturated carbocycles. The molecular weight excluding hydrogens is 304 g/mol. The number of rotatable bonds is 7. The number of nitrogens with zero attached hydrogens (tertiary/aromatic N) is 4. The van der Waals surface area contributed by atoms with Crippen molar-refractivity contribution in [2.24, 2.45) is 13.0 Å². The summed E-state index contributed by atoms with van der Waals surface area (Å²) in [6.45, 7) is 9.76. The Morgan fingerprint density at radius 3 is 2.37 bits per heavy atom. The Kier molecular flexibility index (Phi) is 6.33. The Morgan fingerprint density at radius 1 is 1.26 bits per heavy atom. The van der Waals surface area contributed by atoms with Gasteiger partial charge in [0.15, 0.2) is 0 Å². The third kappa shape index (κ3) is 4.49. The van der Waals surface area contributed by atoms with Gasteiger partial charge in [0, 0.05) is 37.6 Å². The molecule has 1 heterocycles. The number of likely N-dealkylation sites (N-methyl/N-ethyl adjacent to an activating group) is 1. The van der Waals surface area contributed by atoms with Crippen LogP contribution in [0.25, 0.3) is 0 Å². The van der Waals surface area contributed by atoms with Crippen LogP contribution in [-0.2, 0) is 12.4 Å². The second-order valence-corrected chi connectivity index (χ2v) is 6.35. The van der Waals surface area contributed by atoms with Crippen LogP contribution in [0, 0.1) is 12.8 Å². The van der Waals surface area contributed by atoms with Crippen LogP contribution in [0.5, 0.6) is 0 Å². The molecule has 0 atom stereocenters. The van der Waals surface area contributed by atoms with Gasteiger partial charge in [0.1, 0.15) is 5.82 Å². The maximum absolute atomic E-state index is 4.57. The maximum atomic E-state index is 4.57. The lowest BCUT2D eigenvalue weighted by molar-refractivity contribution is 0.407. The van der Waals surface area contributed by atoms with Crippen LogP contribution in [-0.4, -0.2) is 48.4 Å². The van der Waals surface area contributed by atoms with Crippen molar-refractivity contribution in [3.63, 3.8) is 0 Å². The van der Waals surface area contributed by atoms with Crippen molar-refractivity contribution in [1.82, 2.24) is 14.7 Å². The fraction of sp³-hybridized carbons (Fsp3) is 0.786. The number of anilines is 1.